The molecule has 0 atom stereocenters. The second kappa shape index (κ2) is 12.1. The van der Waals surface area contributed by atoms with Gasteiger partial charge in [0.1, 0.15) is 0 Å². The number of hydrogen-bond acceptors (Lipinski definition) is 1. The Morgan fingerprint density at radius 1 is 0.380 bits per heavy atom. The predicted molar refractivity (Wildman–Crippen MR) is 213 cm³/mol. The largest absolute Gasteiger partial charge is 0.310 e. The lowest BCUT2D eigenvalue weighted by molar-refractivity contribution is 0.660. The second-order valence-electron chi connectivity index (χ2n) is 13.8. The molecule has 8 aromatic carbocycles. The Balaban J connectivity index is 1.21. The highest BCUT2D eigenvalue weighted by Gasteiger charge is 2.35. The van der Waals surface area contributed by atoms with Crippen LogP contribution in [0.3, 0.4) is 0 Å². The Morgan fingerprint density at radius 2 is 0.900 bits per heavy atom. The van der Waals surface area contributed by atoms with E-state index in [0.717, 1.165) is 17.1 Å². The van der Waals surface area contributed by atoms with E-state index in [9.17, 15) is 0 Å². The molecule has 1 heteroatoms. The number of benzene rings is 8. The van der Waals surface area contributed by atoms with Gasteiger partial charge in [0.05, 0.1) is 5.69 Å². The lowest BCUT2D eigenvalue weighted by Gasteiger charge is -2.30. The Labute approximate surface area is 294 Å². The zero-order valence-corrected chi connectivity index (χ0v) is 28.3. The highest BCUT2D eigenvalue weighted by Crippen LogP contribution is 2.51. The third-order valence-electron chi connectivity index (χ3n) is 10.5. The minimum atomic E-state index is -0.0505. The summed E-state index contributed by atoms with van der Waals surface area (Å²) in [5.74, 6) is 0. The molecule has 1 aliphatic rings. The van der Waals surface area contributed by atoms with Gasteiger partial charge in [-0.05, 0) is 91.2 Å². The SMILES string of the molecule is CC1(C)c2ccccc2-c2cc(N(c3ccc(-c4ccc(-c5ccccc5)cc4)cc3)c3ccc4ccccc4c3-c3ccccc3)ccc21. The van der Waals surface area contributed by atoms with Crippen molar-refractivity contribution in [3.8, 4) is 44.5 Å². The van der Waals surface area contributed by atoms with Crippen LogP contribution >= 0.6 is 0 Å². The summed E-state index contributed by atoms with van der Waals surface area (Å²) in [6.07, 6.45) is 0. The van der Waals surface area contributed by atoms with E-state index in [4.69, 9.17) is 0 Å². The van der Waals surface area contributed by atoms with E-state index in [1.165, 1.54) is 66.4 Å². The minimum Gasteiger partial charge on any atom is -0.310 e. The Kier molecular flexibility index (Phi) is 7.21. The molecule has 0 bridgehead atoms. The fourth-order valence-electron chi connectivity index (χ4n) is 7.92. The second-order valence-corrected chi connectivity index (χ2v) is 13.8. The van der Waals surface area contributed by atoms with Gasteiger partial charge in [-0.15, -0.1) is 0 Å². The van der Waals surface area contributed by atoms with Crippen LogP contribution in [0, 0.1) is 0 Å². The summed E-state index contributed by atoms with van der Waals surface area (Å²) >= 11 is 0. The summed E-state index contributed by atoms with van der Waals surface area (Å²) in [6.45, 7) is 4.69. The number of anilines is 3. The molecular formula is C49H37N. The van der Waals surface area contributed by atoms with Gasteiger partial charge in [-0.25, -0.2) is 0 Å². The third-order valence-corrected chi connectivity index (χ3v) is 10.5. The van der Waals surface area contributed by atoms with E-state index >= 15 is 0 Å². The number of rotatable bonds is 6. The van der Waals surface area contributed by atoms with Crippen LogP contribution in [-0.2, 0) is 5.41 Å². The van der Waals surface area contributed by atoms with Gasteiger partial charge < -0.3 is 4.90 Å². The fraction of sp³-hybridized carbons (Fsp3) is 0.0612. The third kappa shape index (κ3) is 5.02. The zero-order valence-electron chi connectivity index (χ0n) is 28.3. The number of hydrogen-bond donors (Lipinski definition) is 0. The van der Waals surface area contributed by atoms with Crippen LogP contribution in [-0.4, -0.2) is 0 Å². The first-order valence-corrected chi connectivity index (χ1v) is 17.4. The molecule has 1 aliphatic carbocycles. The molecule has 0 saturated carbocycles. The molecule has 0 saturated heterocycles. The van der Waals surface area contributed by atoms with Crippen LogP contribution in [0.2, 0.25) is 0 Å². The lowest BCUT2D eigenvalue weighted by atomic mass is 9.82. The molecule has 0 unspecified atom stereocenters. The topological polar surface area (TPSA) is 3.24 Å². The van der Waals surface area contributed by atoms with Crippen molar-refractivity contribution in [1.29, 1.82) is 0 Å². The van der Waals surface area contributed by atoms with Crippen LogP contribution in [0.25, 0.3) is 55.3 Å². The normalized spacial score (nSPS) is 12.8. The summed E-state index contributed by atoms with van der Waals surface area (Å²) in [4.78, 5) is 2.45. The van der Waals surface area contributed by atoms with Crippen molar-refractivity contribution in [3.05, 3.63) is 199 Å². The minimum absolute atomic E-state index is 0.0505. The fourth-order valence-corrected chi connectivity index (χ4v) is 7.92. The van der Waals surface area contributed by atoms with Crippen LogP contribution in [0.5, 0.6) is 0 Å². The summed E-state index contributed by atoms with van der Waals surface area (Å²) in [5, 5.41) is 2.47. The molecular weight excluding hydrogens is 603 g/mol. The number of fused-ring (bicyclic) bond motifs is 4. The molecule has 9 rings (SSSR count). The monoisotopic (exact) mass is 639 g/mol. The first-order chi connectivity index (χ1) is 24.6. The summed E-state index contributed by atoms with van der Waals surface area (Å²) < 4.78 is 0. The quantitative estimate of drug-likeness (QED) is 0.175. The van der Waals surface area contributed by atoms with Gasteiger partial charge in [-0.2, -0.15) is 0 Å². The maximum absolute atomic E-state index is 2.45. The molecule has 0 N–H and O–H groups in total. The van der Waals surface area contributed by atoms with Crippen molar-refractivity contribution in [1.82, 2.24) is 0 Å². The van der Waals surface area contributed by atoms with Crippen molar-refractivity contribution in [2.45, 2.75) is 19.3 Å². The molecule has 0 radical (unpaired) electrons. The molecule has 0 fully saturated rings. The molecule has 0 amide bonds. The van der Waals surface area contributed by atoms with E-state index in [1.807, 2.05) is 0 Å². The van der Waals surface area contributed by atoms with Gasteiger partial charge in [0.25, 0.3) is 0 Å². The zero-order chi connectivity index (χ0) is 33.7. The van der Waals surface area contributed by atoms with Crippen molar-refractivity contribution in [2.75, 3.05) is 4.90 Å². The van der Waals surface area contributed by atoms with E-state index < -0.39 is 0 Å². The van der Waals surface area contributed by atoms with E-state index in [1.54, 1.807) is 0 Å². The van der Waals surface area contributed by atoms with Crippen molar-refractivity contribution in [3.63, 3.8) is 0 Å². The van der Waals surface area contributed by atoms with E-state index in [0.29, 0.717) is 0 Å². The predicted octanol–water partition coefficient (Wildman–Crippen LogP) is 13.6. The van der Waals surface area contributed by atoms with Gasteiger partial charge in [0.15, 0.2) is 0 Å². The maximum atomic E-state index is 2.45. The molecule has 50 heavy (non-hydrogen) atoms. The molecule has 8 aromatic rings. The Morgan fingerprint density at radius 3 is 1.60 bits per heavy atom. The van der Waals surface area contributed by atoms with Gasteiger partial charge in [0.2, 0.25) is 0 Å². The average molecular weight is 640 g/mol. The Bertz CT molecular complexity index is 2470. The first kappa shape index (κ1) is 29.9. The molecule has 0 aliphatic heterocycles. The van der Waals surface area contributed by atoms with Crippen molar-refractivity contribution in [2.24, 2.45) is 0 Å². The average Bonchev–Trinajstić information content (AvgIpc) is 3.41. The van der Waals surface area contributed by atoms with E-state index in [-0.39, 0.29) is 5.41 Å². The maximum Gasteiger partial charge on any atom is 0.0546 e. The van der Waals surface area contributed by atoms with Crippen LogP contribution in [0.1, 0.15) is 25.0 Å². The molecule has 0 heterocycles. The highest BCUT2D eigenvalue weighted by molar-refractivity contribution is 6.05. The summed E-state index contributed by atoms with van der Waals surface area (Å²) in [6, 6.07) is 68.6. The molecule has 1 nitrogen and oxygen atoms in total. The smallest absolute Gasteiger partial charge is 0.0546 e. The van der Waals surface area contributed by atoms with Gasteiger partial charge in [-0.3, -0.25) is 0 Å². The molecule has 0 aromatic heterocycles. The van der Waals surface area contributed by atoms with Crippen molar-refractivity contribution >= 4 is 27.8 Å². The van der Waals surface area contributed by atoms with Crippen molar-refractivity contribution < 1.29 is 0 Å². The highest BCUT2D eigenvalue weighted by atomic mass is 15.1. The molecule has 238 valence electrons. The van der Waals surface area contributed by atoms with Crippen LogP contribution in [0.4, 0.5) is 17.1 Å². The lowest BCUT2D eigenvalue weighted by Crippen LogP contribution is -2.15. The number of nitrogens with zero attached hydrogens (tertiary/aromatic N) is 1. The summed E-state index contributed by atoms with van der Waals surface area (Å²) in [5.41, 5.74) is 16.0. The Hall–Kier alpha value is -6.18. The van der Waals surface area contributed by atoms with Gasteiger partial charge in [-0.1, -0.05) is 172 Å². The molecule has 0 spiro atoms. The van der Waals surface area contributed by atoms with Crippen LogP contribution < -0.4 is 4.90 Å². The standard InChI is InChI=1S/C49H37N/c1-49(2)45-20-12-11-19-43(45)44-33-41(30-31-46(44)49)50(47-32-27-38-15-9-10-18-42(38)48(47)39-16-7-4-8-17-39)40-28-25-37(26-29-40)36-23-21-35(22-24-36)34-13-5-3-6-14-34/h3-33H,1-2H3. The summed E-state index contributed by atoms with van der Waals surface area (Å²) in [7, 11) is 0. The van der Waals surface area contributed by atoms with Gasteiger partial charge in [0, 0.05) is 22.4 Å². The first-order valence-electron chi connectivity index (χ1n) is 17.4. The van der Waals surface area contributed by atoms with E-state index in [2.05, 4.69) is 207 Å². The van der Waals surface area contributed by atoms with Gasteiger partial charge >= 0.3 is 0 Å². The van der Waals surface area contributed by atoms with Crippen LogP contribution in [0.15, 0.2) is 188 Å².